The third kappa shape index (κ3) is 4.39. The SMILES string of the molecule is NC(=O)c1ccc(Br)cc1NCCOc1ccc(N)cc1. The second-order valence-corrected chi connectivity index (χ2v) is 5.31. The highest BCUT2D eigenvalue weighted by molar-refractivity contribution is 9.10. The van der Waals surface area contributed by atoms with Crippen LogP contribution in [0.15, 0.2) is 46.9 Å². The van der Waals surface area contributed by atoms with Crippen molar-refractivity contribution in [1.82, 2.24) is 0 Å². The molecule has 5 N–H and O–H groups in total. The Morgan fingerprint density at radius 3 is 2.57 bits per heavy atom. The Bertz CT molecular complexity index is 629. The highest BCUT2D eigenvalue weighted by Crippen LogP contribution is 2.21. The van der Waals surface area contributed by atoms with E-state index in [1.807, 2.05) is 18.2 Å². The predicted molar refractivity (Wildman–Crippen MR) is 87.5 cm³/mol. The molecule has 1 amide bonds. The van der Waals surface area contributed by atoms with Crippen LogP contribution in [0.3, 0.4) is 0 Å². The zero-order chi connectivity index (χ0) is 15.2. The second kappa shape index (κ2) is 6.99. The molecule has 0 spiro atoms. The molecule has 0 radical (unpaired) electrons. The number of primary amides is 1. The molecule has 110 valence electrons. The molecular weight excluding hydrogens is 334 g/mol. The van der Waals surface area contributed by atoms with E-state index in [0.717, 1.165) is 10.2 Å². The number of ether oxygens (including phenoxy) is 1. The fourth-order valence-corrected chi connectivity index (χ4v) is 2.16. The molecule has 5 nitrogen and oxygen atoms in total. The molecule has 0 aliphatic rings. The molecule has 21 heavy (non-hydrogen) atoms. The van der Waals surface area contributed by atoms with Gasteiger partial charge in [0, 0.05) is 22.4 Å². The van der Waals surface area contributed by atoms with Crippen molar-refractivity contribution in [2.45, 2.75) is 0 Å². The minimum absolute atomic E-state index is 0.450. The van der Waals surface area contributed by atoms with Crippen LogP contribution < -0.4 is 21.5 Å². The molecule has 0 atom stereocenters. The zero-order valence-electron chi connectivity index (χ0n) is 11.3. The van der Waals surface area contributed by atoms with Crippen molar-refractivity contribution < 1.29 is 9.53 Å². The summed E-state index contributed by atoms with van der Waals surface area (Å²) >= 11 is 3.36. The lowest BCUT2D eigenvalue weighted by atomic mass is 10.1. The Morgan fingerprint density at radius 2 is 1.90 bits per heavy atom. The minimum atomic E-state index is -0.468. The number of rotatable bonds is 6. The Morgan fingerprint density at radius 1 is 1.19 bits per heavy atom. The van der Waals surface area contributed by atoms with Crippen molar-refractivity contribution in [3.05, 3.63) is 52.5 Å². The number of nitrogen functional groups attached to an aromatic ring is 1. The summed E-state index contributed by atoms with van der Waals surface area (Å²) in [5.41, 5.74) is 12.8. The summed E-state index contributed by atoms with van der Waals surface area (Å²) in [4.78, 5) is 11.3. The van der Waals surface area contributed by atoms with Gasteiger partial charge in [0.25, 0.3) is 5.91 Å². The molecule has 0 aromatic heterocycles. The lowest BCUT2D eigenvalue weighted by Gasteiger charge is -2.11. The van der Waals surface area contributed by atoms with Crippen LogP contribution in [0.1, 0.15) is 10.4 Å². The van der Waals surface area contributed by atoms with Crippen molar-refractivity contribution in [2.24, 2.45) is 5.73 Å². The Kier molecular flexibility index (Phi) is 5.05. The molecule has 2 rings (SSSR count). The third-order valence-corrected chi connectivity index (χ3v) is 3.31. The highest BCUT2D eigenvalue weighted by Gasteiger charge is 2.08. The first kappa shape index (κ1) is 15.2. The number of hydrogen-bond donors (Lipinski definition) is 3. The molecule has 0 aliphatic heterocycles. The van der Waals surface area contributed by atoms with Gasteiger partial charge in [-0.1, -0.05) is 15.9 Å². The molecule has 0 aliphatic carbocycles. The van der Waals surface area contributed by atoms with Gasteiger partial charge in [-0.3, -0.25) is 4.79 Å². The summed E-state index contributed by atoms with van der Waals surface area (Å²) in [6.07, 6.45) is 0. The smallest absolute Gasteiger partial charge is 0.250 e. The third-order valence-electron chi connectivity index (χ3n) is 2.81. The van der Waals surface area contributed by atoms with Crippen LogP contribution in [0, 0.1) is 0 Å². The van der Waals surface area contributed by atoms with Gasteiger partial charge >= 0.3 is 0 Å². The van der Waals surface area contributed by atoms with Crippen LogP contribution >= 0.6 is 15.9 Å². The van der Waals surface area contributed by atoms with Crippen molar-refractivity contribution in [3.8, 4) is 5.75 Å². The van der Waals surface area contributed by atoms with Gasteiger partial charge in [0.1, 0.15) is 12.4 Å². The summed E-state index contributed by atoms with van der Waals surface area (Å²) in [7, 11) is 0. The van der Waals surface area contributed by atoms with Gasteiger partial charge in [0.15, 0.2) is 0 Å². The van der Waals surface area contributed by atoms with Gasteiger partial charge in [-0.25, -0.2) is 0 Å². The molecule has 0 saturated carbocycles. The average Bonchev–Trinajstić information content (AvgIpc) is 2.45. The van der Waals surface area contributed by atoms with E-state index in [0.29, 0.717) is 30.1 Å². The Hall–Kier alpha value is -2.21. The lowest BCUT2D eigenvalue weighted by Crippen LogP contribution is -2.17. The van der Waals surface area contributed by atoms with E-state index in [4.69, 9.17) is 16.2 Å². The topological polar surface area (TPSA) is 90.4 Å². The van der Waals surface area contributed by atoms with Crippen LogP contribution in [-0.4, -0.2) is 19.1 Å². The first-order valence-corrected chi connectivity index (χ1v) is 7.17. The van der Waals surface area contributed by atoms with Gasteiger partial charge in [-0.05, 0) is 42.5 Å². The number of nitrogens with one attached hydrogen (secondary N) is 1. The number of nitrogens with two attached hydrogens (primary N) is 2. The number of hydrogen-bond acceptors (Lipinski definition) is 4. The predicted octanol–water partition coefficient (Wildman–Crippen LogP) is 2.62. The van der Waals surface area contributed by atoms with Crippen molar-refractivity contribution in [2.75, 3.05) is 24.2 Å². The van der Waals surface area contributed by atoms with E-state index in [1.165, 1.54) is 0 Å². The van der Waals surface area contributed by atoms with E-state index in [2.05, 4.69) is 21.2 Å². The van der Waals surface area contributed by atoms with E-state index in [-0.39, 0.29) is 0 Å². The summed E-state index contributed by atoms with van der Waals surface area (Å²) in [6, 6.07) is 12.4. The lowest BCUT2D eigenvalue weighted by molar-refractivity contribution is 0.100. The number of halogens is 1. The van der Waals surface area contributed by atoms with E-state index in [9.17, 15) is 4.79 Å². The van der Waals surface area contributed by atoms with Crippen LogP contribution in [-0.2, 0) is 0 Å². The Balaban J connectivity index is 1.90. The van der Waals surface area contributed by atoms with Crippen LogP contribution in [0.25, 0.3) is 0 Å². The van der Waals surface area contributed by atoms with Crippen molar-refractivity contribution in [1.29, 1.82) is 0 Å². The molecule has 6 heteroatoms. The number of carbonyl (C=O) groups excluding carboxylic acids is 1. The fraction of sp³-hybridized carbons (Fsp3) is 0.133. The number of amides is 1. The fourth-order valence-electron chi connectivity index (χ4n) is 1.80. The summed E-state index contributed by atoms with van der Waals surface area (Å²) < 4.78 is 6.44. The molecule has 2 aromatic carbocycles. The standard InChI is InChI=1S/C15H16BrN3O2/c16-10-1-6-13(15(18)20)14(9-10)19-7-8-21-12-4-2-11(17)3-5-12/h1-6,9,19H,7-8,17H2,(H2,18,20). The monoisotopic (exact) mass is 349 g/mol. The van der Waals surface area contributed by atoms with Crippen LogP contribution in [0.5, 0.6) is 5.75 Å². The van der Waals surface area contributed by atoms with Gasteiger partial charge in [-0.2, -0.15) is 0 Å². The molecule has 0 bridgehead atoms. The summed E-state index contributed by atoms with van der Waals surface area (Å²) in [5, 5.41) is 3.14. The maximum Gasteiger partial charge on any atom is 0.250 e. The van der Waals surface area contributed by atoms with Crippen molar-refractivity contribution >= 4 is 33.2 Å². The van der Waals surface area contributed by atoms with Gasteiger partial charge in [0.05, 0.1) is 5.56 Å². The molecule has 0 fully saturated rings. The quantitative estimate of drug-likeness (QED) is 0.552. The maximum atomic E-state index is 11.3. The zero-order valence-corrected chi connectivity index (χ0v) is 12.9. The van der Waals surface area contributed by atoms with Gasteiger partial charge in [-0.15, -0.1) is 0 Å². The van der Waals surface area contributed by atoms with Gasteiger partial charge in [0.2, 0.25) is 0 Å². The molecule has 2 aromatic rings. The van der Waals surface area contributed by atoms with E-state index < -0.39 is 5.91 Å². The second-order valence-electron chi connectivity index (χ2n) is 4.40. The van der Waals surface area contributed by atoms with Gasteiger partial charge < -0.3 is 21.5 Å². The maximum absolute atomic E-state index is 11.3. The molecular formula is C15H16BrN3O2. The first-order chi connectivity index (χ1) is 10.1. The Labute approximate surface area is 131 Å². The highest BCUT2D eigenvalue weighted by atomic mass is 79.9. The summed E-state index contributed by atoms with van der Waals surface area (Å²) in [6.45, 7) is 0.996. The normalized spacial score (nSPS) is 10.1. The average molecular weight is 350 g/mol. The summed E-state index contributed by atoms with van der Waals surface area (Å²) in [5.74, 6) is 0.278. The first-order valence-electron chi connectivity index (χ1n) is 6.38. The minimum Gasteiger partial charge on any atom is -0.492 e. The number of benzene rings is 2. The number of anilines is 2. The van der Waals surface area contributed by atoms with Crippen LogP contribution in [0.2, 0.25) is 0 Å². The molecule has 0 heterocycles. The molecule has 0 unspecified atom stereocenters. The van der Waals surface area contributed by atoms with Crippen molar-refractivity contribution in [3.63, 3.8) is 0 Å². The number of carbonyl (C=O) groups is 1. The molecule has 0 saturated heterocycles. The van der Waals surface area contributed by atoms with Crippen LogP contribution in [0.4, 0.5) is 11.4 Å². The largest absolute Gasteiger partial charge is 0.492 e. The van der Waals surface area contributed by atoms with E-state index >= 15 is 0 Å². The van der Waals surface area contributed by atoms with E-state index in [1.54, 1.807) is 24.3 Å².